The number of esters is 1. The van der Waals surface area contributed by atoms with Crippen molar-refractivity contribution in [1.29, 1.82) is 0 Å². The molecule has 0 aliphatic rings. The summed E-state index contributed by atoms with van der Waals surface area (Å²) in [4.78, 5) is 20.2. The summed E-state index contributed by atoms with van der Waals surface area (Å²) in [5.41, 5.74) is 0.906. The molecule has 100 valence electrons. The van der Waals surface area contributed by atoms with E-state index in [9.17, 15) is 4.79 Å². The van der Waals surface area contributed by atoms with E-state index in [-0.39, 0.29) is 5.88 Å². The summed E-state index contributed by atoms with van der Waals surface area (Å²) < 4.78 is 4.93. The Labute approximate surface area is 113 Å². The van der Waals surface area contributed by atoms with Crippen LogP contribution in [0.25, 0.3) is 0 Å². The molecule has 1 rings (SSSR count). The van der Waals surface area contributed by atoms with E-state index in [1.54, 1.807) is 6.92 Å². The van der Waals surface area contributed by atoms with Gasteiger partial charge < -0.3 is 4.74 Å². The third-order valence-corrected chi connectivity index (χ3v) is 2.74. The molecule has 0 spiro atoms. The van der Waals surface area contributed by atoms with Crippen LogP contribution in [0, 0.1) is 5.92 Å². The number of halogens is 1. The molecular formula is C13H19ClN2O2. The van der Waals surface area contributed by atoms with Gasteiger partial charge in [-0.25, -0.2) is 14.8 Å². The van der Waals surface area contributed by atoms with Gasteiger partial charge in [-0.3, -0.25) is 0 Å². The minimum absolute atomic E-state index is 0.186. The van der Waals surface area contributed by atoms with Crippen LogP contribution in [0.4, 0.5) is 0 Å². The van der Waals surface area contributed by atoms with Gasteiger partial charge in [0, 0.05) is 12.6 Å². The first kappa shape index (κ1) is 14.9. The van der Waals surface area contributed by atoms with Crippen LogP contribution in [-0.4, -0.2) is 22.5 Å². The molecule has 0 radical (unpaired) electrons. The maximum absolute atomic E-state index is 11.6. The van der Waals surface area contributed by atoms with E-state index >= 15 is 0 Å². The average Bonchev–Trinajstić information content (AvgIpc) is 2.36. The van der Waals surface area contributed by atoms with Crippen LogP contribution in [0.3, 0.4) is 0 Å². The number of aryl methyl sites for hydroxylation is 1. The van der Waals surface area contributed by atoms with Gasteiger partial charge in [0.15, 0.2) is 0 Å². The van der Waals surface area contributed by atoms with Gasteiger partial charge in [0.1, 0.15) is 11.4 Å². The Balaban J connectivity index is 2.86. The molecule has 4 nitrogen and oxygen atoms in total. The molecule has 0 saturated heterocycles. The Bertz CT molecular complexity index is 408. The highest BCUT2D eigenvalue weighted by atomic mass is 35.5. The van der Waals surface area contributed by atoms with Crippen molar-refractivity contribution in [2.24, 2.45) is 5.92 Å². The number of alkyl halides is 1. The number of ether oxygens (including phenoxy) is 1. The lowest BCUT2D eigenvalue weighted by Gasteiger charge is -2.08. The number of carbonyl (C=O) groups excluding carboxylic acids is 1. The summed E-state index contributed by atoms with van der Waals surface area (Å²) >= 11 is 5.81. The molecule has 5 heteroatoms. The molecule has 0 saturated carbocycles. The molecule has 1 heterocycles. The molecule has 0 atom stereocenters. The van der Waals surface area contributed by atoms with Crippen molar-refractivity contribution in [3.05, 3.63) is 23.3 Å². The third-order valence-electron chi connectivity index (χ3n) is 2.48. The number of nitrogens with zero attached hydrogens (tertiary/aromatic N) is 2. The smallest absolute Gasteiger partial charge is 0.341 e. The van der Waals surface area contributed by atoms with E-state index in [2.05, 4.69) is 23.8 Å². The number of hydrogen-bond donors (Lipinski definition) is 0. The molecular weight excluding hydrogens is 252 g/mol. The van der Waals surface area contributed by atoms with E-state index in [1.807, 2.05) is 0 Å². The average molecular weight is 271 g/mol. The van der Waals surface area contributed by atoms with Crippen molar-refractivity contribution in [2.75, 3.05) is 6.61 Å². The van der Waals surface area contributed by atoms with E-state index in [0.717, 1.165) is 18.7 Å². The lowest BCUT2D eigenvalue weighted by atomic mass is 10.1. The topological polar surface area (TPSA) is 52.1 Å². The van der Waals surface area contributed by atoms with E-state index in [4.69, 9.17) is 16.3 Å². The van der Waals surface area contributed by atoms with Gasteiger partial charge in [0.2, 0.25) is 0 Å². The maximum atomic E-state index is 11.6. The first-order chi connectivity index (χ1) is 8.58. The van der Waals surface area contributed by atoms with Crippen molar-refractivity contribution in [2.45, 2.75) is 39.5 Å². The summed E-state index contributed by atoms with van der Waals surface area (Å²) in [5, 5.41) is 0. The van der Waals surface area contributed by atoms with Crippen LogP contribution < -0.4 is 0 Å². The predicted molar refractivity (Wildman–Crippen MR) is 70.7 cm³/mol. The van der Waals surface area contributed by atoms with Gasteiger partial charge in [-0.05, 0) is 19.3 Å². The van der Waals surface area contributed by atoms with Crippen LogP contribution in [0.1, 0.15) is 49.1 Å². The Kier molecular flexibility index (Phi) is 6.05. The highest BCUT2D eigenvalue weighted by Crippen LogP contribution is 2.12. The van der Waals surface area contributed by atoms with Crippen molar-refractivity contribution in [1.82, 2.24) is 9.97 Å². The summed E-state index contributed by atoms with van der Waals surface area (Å²) in [6.45, 7) is 6.39. The number of aromatic nitrogens is 2. The quantitative estimate of drug-likeness (QED) is 0.589. The monoisotopic (exact) mass is 270 g/mol. The minimum Gasteiger partial charge on any atom is -0.462 e. The van der Waals surface area contributed by atoms with Gasteiger partial charge >= 0.3 is 5.97 Å². The van der Waals surface area contributed by atoms with Crippen molar-refractivity contribution in [3.8, 4) is 0 Å². The highest BCUT2D eigenvalue weighted by Gasteiger charge is 2.15. The molecule has 18 heavy (non-hydrogen) atoms. The lowest BCUT2D eigenvalue weighted by Crippen LogP contribution is -2.12. The molecule has 0 bridgehead atoms. The molecule has 1 aromatic heterocycles. The second-order valence-electron chi connectivity index (χ2n) is 4.43. The number of hydrogen-bond acceptors (Lipinski definition) is 4. The molecule has 0 amide bonds. The fourth-order valence-corrected chi connectivity index (χ4v) is 1.68. The Morgan fingerprint density at radius 2 is 2.22 bits per heavy atom. The van der Waals surface area contributed by atoms with Crippen molar-refractivity contribution in [3.63, 3.8) is 0 Å². The third kappa shape index (κ3) is 4.26. The SMILES string of the molecule is CCOC(=O)c1cnc(CCC(C)C)nc1CCl. The fourth-order valence-electron chi connectivity index (χ4n) is 1.48. The number of carbonyl (C=O) groups is 1. The summed E-state index contributed by atoms with van der Waals surface area (Å²) in [6, 6.07) is 0. The summed E-state index contributed by atoms with van der Waals surface area (Å²) in [7, 11) is 0. The molecule has 1 aromatic rings. The van der Waals surface area contributed by atoms with Gasteiger partial charge in [-0.2, -0.15) is 0 Å². The minimum atomic E-state index is -0.413. The van der Waals surface area contributed by atoms with E-state index in [0.29, 0.717) is 23.8 Å². The first-order valence-electron chi connectivity index (χ1n) is 6.16. The van der Waals surface area contributed by atoms with Crippen LogP contribution in [-0.2, 0) is 17.0 Å². The highest BCUT2D eigenvalue weighted by molar-refractivity contribution is 6.17. The van der Waals surface area contributed by atoms with Crippen LogP contribution in [0.2, 0.25) is 0 Å². The molecule has 0 aliphatic carbocycles. The maximum Gasteiger partial charge on any atom is 0.341 e. The Morgan fingerprint density at radius 3 is 2.78 bits per heavy atom. The molecule has 0 aromatic carbocycles. The zero-order chi connectivity index (χ0) is 13.5. The lowest BCUT2D eigenvalue weighted by molar-refractivity contribution is 0.0524. The van der Waals surface area contributed by atoms with Gasteiger partial charge in [-0.15, -0.1) is 11.6 Å². The Hall–Kier alpha value is -1.16. The van der Waals surface area contributed by atoms with E-state index < -0.39 is 5.97 Å². The standard InChI is InChI=1S/C13H19ClN2O2/c1-4-18-13(17)10-8-15-12(6-5-9(2)3)16-11(10)7-14/h8-9H,4-7H2,1-3H3. The first-order valence-corrected chi connectivity index (χ1v) is 6.69. The zero-order valence-corrected chi connectivity index (χ0v) is 11.8. The zero-order valence-electron chi connectivity index (χ0n) is 11.1. The van der Waals surface area contributed by atoms with E-state index in [1.165, 1.54) is 6.20 Å². The van der Waals surface area contributed by atoms with Crippen molar-refractivity contribution >= 4 is 17.6 Å². The van der Waals surface area contributed by atoms with Crippen LogP contribution in [0.15, 0.2) is 6.20 Å². The number of rotatable bonds is 6. The van der Waals surface area contributed by atoms with Crippen LogP contribution in [0.5, 0.6) is 0 Å². The summed E-state index contributed by atoms with van der Waals surface area (Å²) in [5.74, 6) is 1.10. The molecule has 0 N–H and O–H groups in total. The molecule has 0 aliphatic heterocycles. The Morgan fingerprint density at radius 1 is 1.50 bits per heavy atom. The largest absolute Gasteiger partial charge is 0.462 e. The normalized spacial score (nSPS) is 10.7. The van der Waals surface area contributed by atoms with Gasteiger partial charge in [0.25, 0.3) is 0 Å². The fraction of sp³-hybridized carbons (Fsp3) is 0.615. The summed E-state index contributed by atoms with van der Waals surface area (Å²) in [6.07, 6.45) is 3.32. The molecule has 0 unspecified atom stereocenters. The van der Waals surface area contributed by atoms with Crippen molar-refractivity contribution < 1.29 is 9.53 Å². The van der Waals surface area contributed by atoms with Crippen LogP contribution >= 0.6 is 11.6 Å². The predicted octanol–water partition coefficient (Wildman–Crippen LogP) is 2.98. The van der Waals surface area contributed by atoms with Gasteiger partial charge in [0.05, 0.1) is 18.2 Å². The molecule has 0 fully saturated rings. The second kappa shape index (κ2) is 7.31. The second-order valence-corrected chi connectivity index (χ2v) is 4.70. The van der Waals surface area contributed by atoms with Gasteiger partial charge in [-0.1, -0.05) is 13.8 Å².